The first-order valence-electron chi connectivity index (χ1n) is 8.89. The van der Waals surface area contributed by atoms with Crippen LogP contribution in [-0.2, 0) is 16.6 Å². The molecule has 0 unspecified atom stereocenters. The lowest BCUT2D eigenvalue weighted by Crippen LogP contribution is -2.23. The Hall–Kier alpha value is -3.43. The lowest BCUT2D eigenvalue weighted by atomic mass is 10.1. The molecule has 0 aliphatic rings. The molecule has 148 valence electrons. The molecule has 0 aliphatic carbocycles. The Balaban J connectivity index is 1.44. The highest BCUT2D eigenvalue weighted by molar-refractivity contribution is 7.89. The van der Waals surface area contributed by atoms with Crippen molar-refractivity contribution in [1.29, 1.82) is 0 Å². The number of nitrogens with zero attached hydrogens (tertiary/aromatic N) is 2. The molecule has 0 spiro atoms. The average Bonchev–Trinajstić information content (AvgIpc) is 3.40. The number of para-hydroxylation sites is 2. The Morgan fingerprint density at radius 2 is 1.90 bits per heavy atom. The monoisotopic (exact) mass is 409 g/mol. The molecule has 4 rings (SSSR count). The van der Waals surface area contributed by atoms with Crippen LogP contribution in [0.1, 0.15) is 18.2 Å². The van der Waals surface area contributed by atoms with Crippen LogP contribution in [0.25, 0.3) is 11.0 Å². The fourth-order valence-electron chi connectivity index (χ4n) is 2.75. The van der Waals surface area contributed by atoms with Gasteiger partial charge in [0.25, 0.3) is 0 Å². The highest BCUT2D eigenvalue weighted by Crippen LogP contribution is 2.15. The fraction of sp³-hybridized carbons (Fsp3) is 0.100. The Bertz CT molecular complexity index is 1210. The predicted octanol–water partition coefficient (Wildman–Crippen LogP) is 3.47. The molecule has 0 saturated heterocycles. The molecular formula is C20H19N5O3S. The summed E-state index contributed by atoms with van der Waals surface area (Å²) in [6.07, 6.45) is 1.50. The van der Waals surface area contributed by atoms with E-state index >= 15 is 0 Å². The molecule has 0 radical (unpaired) electrons. The first-order valence-corrected chi connectivity index (χ1v) is 10.4. The van der Waals surface area contributed by atoms with E-state index < -0.39 is 10.0 Å². The van der Waals surface area contributed by atoms with Crippen molar-refractivity contribution < 1.29 is 12.8 Å². The molecule has 9 heteroatoms. The van der Waals surface area contributed by atoms with Crippen molar-refractivity contribution in [2.75, 3.05) is 5.43 Å². The summed E-state index contributed by atoms with van der Waals surface area (Å²) in [4.78, 5) is 7.70. The van der Waals surface area contributed by atoms with Gasteiger partial charge >= 0.3 is 0 Å². The zero-order chi connectivity index (χ0) is 20.3. The van der Waals surface area contributed by atoms with Crippen LogP contribution in [0.4, 0.5) is 5.95 Å². The van der Waals surface area contributed by atoms with Gasteiger partial charge in [-0.3, -0.25) is 0 Å². The molecule has 2 aromatic heterocycles. The van der Waals surface area contributed by atoms with Crippen LogP contribution in [0.5, 0.6) is 0 Å². The van der Waals surface area contributed by atoms with Gasteiger partial charge in [0.2, 0.25) is 16.0 Å². The van der Waals surface area contributed by atoms with Crippen molar-refractivity contribution >= 4 is 32.7 Å². The smallest absolute Gasteiger partial charge is 0.240 e. The number of benzene rings is 2. The van der Waals surface area contributed by atoms with E-state index in [0.717, 1.165) is 16.6 Å². The van der Waals surface area contributed by atoms with E-state index in [1.807, 2.05) is 31.2 Å². The number of hydrazone groups is 1. The highest BCUT2D eigenvalue weighted by Gasteiger charge is 2.14. The number of nitrogens with one attached hydrogen (secondary N) is 3. The van der Waals surface area contributed by atoms with Crippen molar-refractivity contribution in [3.05, 3.63) is 78.3 Å². The van der Waals surface area contributed by atoms with Gasteiger partial charge in [-0.1, -0.05) is 24.3 Å². The molecule has 0 fully saturated rings. The first-order chi connectivity index (χ1) is 14.0. The summed E-state index contributed by atoms with van der Waals surface area (Å²) in [7, 11) is -3.63. The third-order valence-electron chi connectivity index (χ3n) is 4.32. The summed E-state index contributed by atoms with van der Waals surface area (Å²) in [6.45, 7) is 1.92. The number of hydrogen-bond donors (Lipinski definition) is 3. The minimum atomic E-state index is -3.63. The van der Waals surface area contributed by atoms with Gasteiger partial charge in [0.15, 0.2) is 0 Å². The number of hydrogen-bond acceptors (Lipinski definition) is 6. The molecule has 0 bridgehead atoms. The number of aromatic amines is 1. The minimum absolute atomic E-state index is 0.0962. The van der Waals surface area contributed by atoms with E-state index in [1.165, 1.54) is 6.26 Å². The number of rotatable bonds is 7. The number of anilines is 1. The molecule has 8 nitrogen and oxygen atoms in total. The van der Waals surface area contributed by atoms with Crippen molar-refractivity contribution in [3.63, 3.8) is 0 Å². The van der Waals surface area contributed by atoms with Crippen molar-refractivity contribution in [2.45, 2.75) is 18.4 Å². The average molecular weight is 409 g/mol. The first kappa shape index (κ1) is 18.9. The van der Waals surface area contributed by atoms with Crippen LogP contribution in [0.2, 0.25) is 0 Å². The van der Waals surface area contributed by atoms with Crippen molar-refractivity contribution in [3.8, 4) is 0 Å². The van der Waals surface area contributed by atoms with Crippen molar-refractivity contribution in [2.24, 2.45) is 5.10 Å². The van der Waals surface area contributed by atoms with Gasteiger partial charge in [-0.15, -0.1) is 0 Å². The topological polar surface area (TPSA) is 112 Å². The molecule has 0 saturated carbocycles. The molecule has 0 atom stereocenters. The van der Waals surface area contributed by atoms with E-state index in [0.29, 0.717) is 17.4 Å². The summed E-state index contributed by atoms with van der Waals surface area (Å²) in [5, 5.41) is 4.32. The molecule has 3 N–H and O–H groups in total. The predicted molar refractivity (Wildman–Crippen MR) is 111 cm³/mol. The van der Waals surface area contributed by atoms with Gasteiger partial charge in [0, 0.05) is 0 Å². The Kier molecular flexibility index (Phi) is 5.15. The second kappa shape index (κ2) is 7.90. The Morgan fingerprint density at radius 3 is 2.62 bits per heavy atom. The van der Waals surface area contributed by atoms with Gasteiger partial charge in [-0.25, -0.2) is 23.5 Å². The SMILES string of the molecule is C/C(=N\Nc1nc2ccccc2[nH]1)c1ccc(S(=O)(=O)NCc2ccco2)cc1. The Morgan fingerprint density at radius 1 is 1.10 bits per heavy atom. The van der Waals surface area contributed by atoms with Crippen LogP contribution in [0, 0.1) is 0 Å². The number of furan rings is 1. The van der Waals surface area contributed by atoms with E-state index in [2.05, 4.69) is 25.2 Å². The van der Waals surface area contributed by atoms with E-state index in [4.69, 9.17) is 4.42 Å². The summed E-state index contributed by atoms with van der Waals surface area (Å²) >= 11 is 0. The number of aromatic nitrogens is 2. The number of fused-ring (bicyclic) bond motifs is 1. The lowest BCUT2D eigenvalue weighted by Gasteiger charge is -2.07. The van der Waals surface area contributed by atoms with E-state index in [1.54, 1.807) is 36.4 Å². The quantitative estimate of drug-likeness (QED) is 0.320. The molecule has 2 aromatic carbocycles. The summed E-state index contributed by atoms with van der Waals surface area (Å²) in [6, 6.07) is 17.6. The third-order valence-corrected chi connectivity index (χ3v) is 5.73. The van der Waals surface area contributed by atoms with Gasteiger partial charge in [-0.2, -0.15) is 5.10 Å². The normalized spacial score (nSPS) is 12.4. The zero-order valence-electron chi connectivity index (χ0n) is 15.6. The Labute approximate surface area is 167 Å². The van der Waals surface area contributed by atoms with Crippen LogP contribution in [-0.4, -0.2) is 24.1 Å². The maximum Gasteiger partial charge on any atom is 0.240 e. The summed E-state index contributed by atoms with van der Waals surface area (Å²) < 4.78 is 32.4. The molecule has 0 amide bonds. The van der Waals surface area contributed by atoms with Crippen LogP contribution < -0.4 is 10.1 Å². The molecule has 2 heterocycles. The summed E-state index contributed by atoms with van der Waals surface area (Å²) in [5.74, 6) is 1.08. The lowest BCUT2D eigenvalue weighted by molar-refractivity contribution is 0.498. The number of sulfonamides is 1. The second-order valence-corrected chi connectivity index (χ2v) is 8.11. The zero-order valence-corrected chi connectivity index (χ0v) is 16.4. The van der Waals surface area contributed by atoms with Gasteiger partial charge in [-0.05, 0) is 48.9 Å². The third kappa shape index (κ3) is 4.36. The van der Waals surface area contributed by atoms with Crippen LogP contribution in [0.15, 0.2) is 81.3 Å². The molecule has 29 heavy (non-hydrogen) atoms. The largest absolute Gasteiger partial charge is 0.468 e. The van der Waals surface area contributed by atoms with Crippen LogP contribution in [0.3, 0.4) is 0 Å². The summed E-state index contributed by atoms with van der Waals surface area (Å²) in [5.41, 5.74) is 6.14. The molecule has 0 aliphatic heterocycles. The number of H-pyrrole nitrogens is 1. The molecular weight excluding hydrogens is 390 g/mol. The standard InChI is InChI=1S/C20H19N5O3S/c1-14(24-25-20-22-18-6-2-3-7-19(18)23-20)15-8-10-17(11-9-15)29(26,27)21-13-16-5-4-12-28-16/h2-12,21H,13H2,1H3,(H2,22,23,25)/b24-14+. The highest BCUT2D eigenvalue weighted by atomic mass is 32.2. The van der Waals surface area contributed by atoms with E-state index in [9.17, 15) is 8.42 Å². The maximum atomic E-state index is 12.4. The van der Waals surface area contributed by atoms with Crippen LogP contribution >= 0.6 is 0 Å². The van der Waals surface area contributed by atoms with Gasteiger partial charge < -0.3 is 9.40 Å². The fourth-order valence-corrected chi connectivity index (χ4v) is 3.74. The minimum Gasteiger partial charge on any atom is -0.468 e. The number of imidazole rings is 1. The van der Waals surface area contributed by atoms with E-state index in [-0.39, 0.29) is 11.4 Å². The maximum absolute atomic E-state index is 12.4. The van der Waals surface area contributed by atoms with Gasteiger partial charge in [0.05, 0.1) is 34.4 Å². The van der Waals surface area contributed by atoms with Crippen molar-refractivity contribution in [1.82, 2.24) is 14.7 Å². The van der Waals surface area contributed by atoms with Gasteiger partial charge in [0.1, 0.15) is 5.76 Å². The molecule has 4 aromatic rings. The second-order valence-electron chi connectivity index (χ2n) is 6.34.